The molecule has 0 N–H and O–H groups in total. The largest absolute Gasteiger partial charge is 0.466 e. The molecule has 0 saturated carbocycles. The highest BCUT2D eigenvalue weighted by molar-refractivity contribution is 6.83. The molecule has 0 fully saturated rings. The van der Waals surface area contributed by atoms with E-state index >= 15 is 0 Å². The summed E-state index contributed by atoms with van der Waals surface area (Å²) in [5.41, 5.74) is 0.157. The summed E-state index contributed by atoms with van der Waals surface area (Å²) in [6.45, 7) is 11.5. The lowest BCUT2D eigenvalue weighted by Gasteiger charge is -2.33. The molecular weight excluding hydrogens is 216 g/mol. The minimum absolute atomic E-state index is 0.0469. The summed E-state index contributed by atoms with van der Waals surface area (Å²) in [5.74, 6) is 0.0469. The maximum atomic E-state index is 12.0. The van der Waals surface area contributed by atoms with Gasteiger partial charge in [-0.25, -0.2) is 0 Å². The van der Waals surface area contributed by atoms with Crippen LogP contribution in [-0.4, -0.2) is 20.7 Å². The molecule has 0 radical (unpaired) electrons. The van der Waals surface area contributed by atoms with Crippen molar-refractivity contribution < 1.29 is 9.53 Å². The van der Waals surface area contributed by atoms with Gasteiger partial charge in [-0.1, -0.05) is 59.2 Å². The zero-order valence-corrected chi connectivity index (χ0v) is 12.6. The van der Waals surface area contributed by atoms with Crippen LogP contribution in [0.5, 0.6) is 0 Å². The second-order valence-corrected chi connectivity index (χ2v) is 10.4. The van der Waals surface area contributed by atoms with Crippen molar-refractivity contribution in [3.05, 3.63) is 0 Å². The summed E-state index contributed by atoms with van der Waals surface area (Å²) in [7, 11) is -1.42. The Labute approximate surface area is 102 Å². The maximum absolute atomic E-state index is 12.0. The Bertz CT molecular complexity index is 192. The van der Waals surface area contributed by atoms with Gasteiger partial charge in [0.05, 0.1) is 14.7 Å². The van der Waals surface area contributed by atoms with E-state index in [1.165, 1.54) is 18.1 Å². The van der Waals surface area contributed by atoms with E-state index in [-0.39, 0.29) is 11.5 Å². The van der Waals surface area contributed by atoms with Crippen LogP contribution in [0.25, 0.3) is 0 Å². The molecule has 3 heteroatoms. The minimum atomic E-state index is -1.42. The molecule has 2 nitrogen and oxygen atoms in total. The van der Waals surface area contributed by atoms with Crippen molar-refractivity contribution >= 4 is 14.0 Å². The van der Waals surface area contributed by atoms with E-state index in [2.05, 4.69) is 34.6 Å². The normalized spacial score (nSPS) is 13.6. The van der Waals surface area contributed by atoms with Crippen molar-refractivity contribution in [3.63, 3.8) is 0 Å². The zero-order chi connectivity index (χ0) is 12.6. The third-order valence-electron chi connectivity index (χ3n) is 4.13. The molecule has 0 spiro atoms. The molecule has 96 valence electrons. The van der Waals surface area contributed by atoms with E-state index in [0.29, 0.717) is 6.61 Å². The van der Waals surface area contributed by atoms with Gasteiger partial charge in [-0.3, -0.25) is 4.79 Å². The van der Waals surface area contributed by atoms with Crippen molar-refractivity contribution in [1.29, 1.82) is 0 Å². The third kappa shape index (κ3) is 3.93. The van der Waals surface area contributed by atoms with Gasteiger partial charge in [-0.15, -0.1) is 0 Å². The Balaban J connectivity index is 4.37. The molecular formula is C13H28O2Si. The Hall–Kier alpha value is -0.313. The van der Waals surface area contributed by atoms with Crippen molar-refractivity contribution in [2.24, 2.45) is 0 Å². The number of ether oxygens (including phenoxy) is 1. The Morgan fingerprint density at radius 3 is 2.00 bits per heavy atom. The first-order valence-electron chi connectivity index (χ1n) is 6.74. The Morgan fingerprint density at radius 1 is 1.12 bits per heavy atom. The van der Waals surface area contributed by atoms with Crippen molar-refractivity contribution in [3.8, 4) is 0 Å². The summed E-state index contributed by atoms with van der Waals surface area (Å²) in [6.07, 6.45) is 2.07. The molecule has 0 amide bonds. The summed E-state index contributed by atoms with van der Waals surface area (Å²) in [5, 5.41) is 0. The zero-order valence-electron chi connectivity index (χ0n) is 11.6. The monoisotopic (exact) mass is 244 g/mol. The standard InChI is InChI=1S/C13H28O2Si/c1-6-10-11-15-13(14)12(5)16(7-2,8-3)9-4/h12H,6-11H2,1-5H3. The van der Waals surface area contributed by atoms with Crippen LogP contribution in [0.2, 0.25) is 23.7 Å². The number of hydrogen-bond acceptors (Lipinski definition) is 2. The van der Waals surface area contributed by atoms with E-state index in [0.717, 1.165) is 12.8 Å². The molecule has 0 saturated heterocycles. The molecule has 0 rings (SSSR count). The summed E-state index contributed by atoms with van der Waals surface area (Å²) in [6, 6.07) is 3.55. The van der Waals surface area contributed by atoms with E-state index in [1.54, 1.807) is 0 Å². The Kier molecular flexibility index (Phi) is 7.72. The van der Waals surface area contributed by atoms with Gasteiger partial charge in [0, 0.05) is 5.54 Å². The van der Waals surface area contributed by atoms with Gasteiger partial charge >= 0.3 is 5.97 Å². The van der Waals surface area contributed by atoms with Crippen LogP contribution >= 0.6 is 0 Å². The van der Waals surface area contributed by atoms with Gasteiger partial charge in [-0.2, -0.15) is 0 Å². The quantitative estimate of drug-likeness (QED) is 0.363. The fraction of sp³-hybridized carbons (Fsp3) is 0.923. The fourth-order valence-electron chi connectivity index (χ4n) is 2.36. The Morgan fingerprint density at radius 2 is 1.62 bits per heavy atom. The number of esters is 1. The number of hydrogen-bond donors (Lipinski definition) is 0. The predicted molar refractivity (Wildman–Crippen MR) is 72.5 cm³/mol. The van der Waals surface area contributed by atoms with Crippen LogP contribution in [-0.2, 0) is 9.53 Å². The number of rotatable bonds is 8. The minimum Gasteiger partial charge on any atom is -0.466 e. The van der Waals surface area contributed by atoms with Crippen molar-refractivity contribution in [1.82, 2.24) is 0 Å². The third-order valence-corrected chi connectivity index (χ3v) is 10.4. The second kappa shape index (κ2) is 7.88. The maximum Gasteiger partial charge on any atom is 0.305 e. The number of unbranched alkanes of at least 4 members (excludes halogenated alkanes) is 1. The lowest BCUT2D eigenvalue weighted by atomic mass is 10.4. The van der Waals surface area contributed by atoms with Gasteiger partial charge < -0.3 is 4.74 Å². The highest BCUT2D eigenvalue weighted by Crippen LogP contribution is 2.33. The molecule has 0 bridgehead atoms. The van der Waals surface area contributed by atoms with Crippen molar-refractivity contribution in [2.45, 2.75) is 71.1 Å². The first-order valence-corrected chi connectivity index (χ1v) is 9.44. The van der Waals surface area contributed by atoms with Crippen LogP contribution in [0.3, 0.4) is 0 Å². The SMILES string of the molecule is CCCCOC(=O)C(C)[Si](CC)(CC)CC. The fourth-order valence-corrected chi connectivity index (χ4v) is 6.28. The molecule has 0 aliphatic heterocycles. The second-order valence-electron chi connectivity index (χ2n) is 4.67. The molecule has 1 unspecified atom stereocenters. The van der Waals surface area contributed by atoms with Gasteiger partial charge in [0.2, 0.25) is 0 Å². The smallest absolute Gasteiger partial charge is 0.305 e. The van der Waals surface area contributed by atoms with Crippen LogP contribution in [0.1, 0.15) is 47.5 Å². The van der Waals surface area contributed by atoms with E-state index in [1.807, 2.05) is 0 Å². The summed E-state index contributed by atoms with van der Waals surface area (Å²) < 4.78 is 5.35. The average Bonchev–Trinajstić information content (AvgIpc) is 2.32. The van der Waals surface area contributed by atoms with Gasteiger partial charge in [-0.05, 0) is 6.42 Å². The summed E-state index contributed by atoms with van der Waals surface area (Å²) in [4.78, 5) is 12.0. The lowest BCUT2D eigenvalue weighted by molar-refractivity contribution is -0.143. The molecule has 0 heterocycles. The van der Waals surface area contributed by atoms with Crippen molar-refractivity contribution in [2.75, 3.05) is 6.61 Å². The molecule has 16 heavy (non-hydrogen) atoms. The van der Waals surface area contributed by atoms with Crippen LogP contribution in [0, 0.1) is 0 Å². The first kappa shape index (κ1) is 15.7. The van der Waals surface area contributed by atoms with Gasteiger partial charge in [0.25, 0.3) is 0 Å². The van der Waals surface area contributed by atoms with Crippen LogP contribution in [0.4, 0.5) is 0 Å². The van der Waals surface area contributed by atoms with Crippen LogP contribution < -0.4 is 0 Å². The summed E-state index contributed by atoms with van der Waals surface area (Å²) >= 11 is 0. The first-order chi connectivity index (χ1) is 7.57. The number of carbonyl (C=O) groups is 1. The highest BCUT2D eigenvalue weighted by Gasteiger charge is 2.38. The molecule has 0 aliphatic rings. The highest BCUT2D eigenvalue weighted by atomic mass is 28.3. The average molecular weight is 244 g/mol. The van der Waals surface area contributed by atoms with Gasteiger partial charge in [0.15, 0.2) is 0 Å². The molecule has 0 aromatic rings. The lowest BCUT2D eigenvalue weighted by Crippen LogP contribution is -2.40. The molecule has 1 atom stereocenters. The van der Waals surface area contributed by atoms with E-state index in [9.17, 15) is 4.79 Å². The molecule has 0 aromatic carbocycles. The predicted octanol–water partition coefficient (Wildman–Crippen LogP) is 4.23. The topological polar surface area (TPSA) is 26.3 Å². The molecule has 0 aliphatic carbocycles. The van der Waals surface area contributed by atoms with Crippen LogP contribution in [0.15, 0.2) is 0 Å². The van der Waals surface area contributed by atoms with E-state index < -0.39 is 8.07 Å². The molecule has 0 aromatic heterocycles. The van der Waals surface area contributed by atoms with Gasteiger partial charge in [0.1, 0.15) is 0 Å². The number of carbonyl (C=O) groups excluding carboxylic acids is 1. The van der Waals surface area contributed by atoms with E-state index in [4.69, 9.17) is 4.74 Å².